The first-order chi connectivity index (χ1) is 12.3. The number of hydrogen-bond donors (Lipinski definition) is 2. The molecular weight excluding hydrogens is 324 g/mol. The lowest BCUT2D eigenvalue weighted by Crippen LogP contribution is -2.50. The fourth-order valence-electron chi connectivity index (χ4n) is 2.96. The molecule has 4 nitrogen and oxygen atoms in total. The van der Waals surface area contributed by atoms with Gasteiger partial charge in [0.1, 0.15) is 6.04 Å². The second-order valence-electron chi connectivity index (χ2n) is 7.15. The standard InChI is InChI=1S/C22H28N2O2/c1-14(2)20(24-21(25)18-9-7-6-8-10-18)22(26)23-17(5)19-13-15(3)11-12-16(19)4/h6-14,17,20H,1-5H3,(H,23,26)(H,24,25). The molecule has 0 aromatic heterocycles. The third-order valence-corrected chi connectivity index (χ3v) is 4.53. The minimum atomic E-state index is -0.588. The molecule has 2 atom stereocenters. The van der Waals surface area contributed by atoms with E-state index in [-0.39, 0.29) is 23.8 Å². The van der Waals surface area contributed by atoms with Crippen LogP contribution in [0.4, 0.5) is 0 Å². The van der Waals surface area contributed by atoms with Crippen LogP contribution in [0.5, 0.6) is 0 Å². The molecule has 0 aliphatic carbocycles. The van der Waals surface area contributed by atoms with E-state index in [1.165, 1.54) is 0 Å². The molecule has 2 aromatic carbocycles. The molecule has 0 saturated carbocycles. The first kappa shape index (κ1) is 19.7. The van der Waals surface area contributed by atoms with E-state index in [2.05, 4.69) is 28.8 Å². The minimum Gasteiger partial charge on any atom is -0.348 e. The van der Waals surface area contributed by atoms with E-state index in [9.17, 15) is 9.59 Å². The zero-order chi connectivity index (χ0) is 19.3. The lowest BCUT2D eigenvalue weighted by Gasteiger charge is -2.25. The monoisotopic (exact) mass is 352 g/mol. The van der Waals surface area contributed by atoms with E-state index in [1.54, 1.807) is 12.1 Å². The fourth-order valence-corrected chi connectivity index (χ4v) is 2.96. The lowest BCUT2D eigenvalue weighted by atomic mass is 9.98. The van der Waals surface area contributed by atoms with Crippen LogP contribution in [-0.2, 0) is 4.79 Å². The Kier molecular flexibility index (Phi) is 6.56. The van der Waals surface area contributed by atoms with Crippen LogP contribution in [0.1, 0.15) is 53.9 Å². The van der Waals surface area contributed by atoms with E-state index in [0.29, 0.717) is 5.56 Å². The minimum absolute atomic E-state index is 0.0199. The van der Waals surface area contributed by atoms with Crippen LogP contribution in [0.25, 0.3) is 0 Å². The van der Waals surface area contributed by atoms with Gasteiger partial charge in [0.2, 0.25) is 5.91 Å². The zero-order valence-electron chi connectivity index (χ0n) is 16.2. The number of carbonyl (C=O) groups excluding carboxylic acids is 2. The van der Waals surface area contributed by atoms with Gasteiger partial charge in [0.05, 0.1) is 6.04 Å². The third-order valence-electron chi connectivity index (χ3n) is 4.53. The van der Waals surface area contributed by atoms with Crippen molar-refractivity contribution < 1.29 is 9.59 Å². The van der Waals surface area contributed by atoms with Crippen molar-refractivity contribution in [2.24, 2.45) is 5.92 Å². The summed E-state index contributed by atoms with van der Waals surface area (Å²) in [7, 11) is 0. The molecule has 0 saturated heterocycles. The number of hydrogen-bond acceptors (Lipinski definition) is 2. The van der Waals surface area contributed by atoms with Crippen LogP contribution in [-0.4, -0.2) is 17.9 Å². The summed E-state index contributed by atoms with van der Waals surface area (Å²) in [6.07, 6.45) is 0. The zero-order valence-corrected chi connectivity index (χ0v) is 16.2. The van der Waals surface area contributed by atoms with Gasteiger partial charge in [-0.05, 0) is 49.9 Å². The van der Waals surface area contributed by atoms with E-state index in [4.69, 9.17) is 0 Å². The summed E-state index contributed by atoms with van der Waals surface area (Å²) in [5, 5.41) is 5.91. The Bertz CT molecular complexity index is 769. The maximum Gasteiger partial charge on any atom is 0.251 e. The molecule has 2 amide bonds. The largest absolute Gasteiger partial charge is 0.348 e. The fraction of sp³-hybridized carbons (Fsp3) is 0.364. The first-order valence-electron chi connectivity index (χ1n) is 9.03. The van der Waals surface area contributed by atoms with Gasteiger partial charge in [-0.3, -0.25) is 9.59 Å². The summed E-state index contributed by atoms with van der Waals surface area (Å²) < 4.78 is 0. The molecule has 2 aromatic rings. The van der Waals surface area contributed by atoms with Crippen LogP contribution in [0, 0.1) is 19.8 Å². The number of benzene rings is 2. The lowest BCUT2D eigenvalue weighted by molar-refractivity contribution is -0.124. The van der Waals surface area contributed by atoms with Crippen LogP contribution in [0.15, 0.2) is 48.5 Å². The molecule has 2 rings (SSSR count). The normalized spacial score (nSPS) is 13.2. The van der Waals surface area contributed by atoms with Crippen LogP contribution in [0.3, 0.4) is 0 Å². The van der Waals surface area contributed by atoms with Crippen molar-refractivity contribution in [1.82, 2.24) is 10.6 Å². The summed E-state index contributed by atoms with van der Waals surface area (Å²) in [5.74, 6) is -0.426. The Hall–Kier alpha value is -2.62. The molecule has 4 heteroatoms. The molecule has 0 aliphatic rings. The van der Waals surface area contributed by atoms with Crippen molar-refractivity contribution in [3.05, 3.63) is 70.8 Å². The average Bonchev–Trinajstić information content (AvgIpc) is 2.61. The van der Waals surface area contributed by atoms with Crippen LogP contribution in [0.2, 0.25) is 0 Å². The van der Waals surface area contributed by atoms with E-state index in [0.717, 1.165) is 16.7 Å². The third kappa shape index (κ3) is 4.94. The molecule has 0 fully saturated rings. The van der Waals surface area contributed by atoms with Crippen molar-refractivity contribution in [2.45, 2.75) is 46.7 Å². The number of amides is 2. The predicted octanol–water partition coefficient (Wildman–Crippen LogP) is 3.94. The van der Waals surface area contributed by atoms with Gasteiger partial charge in [0.15, 0.2) is 0 Å². The Morgan fingerprint density at radius 3 is 2.15 bits per heavy atom. The second-order valence-corrected chi connectivity index (χ2v) is 7.15. The van der Waals surface area contributed by atoms with Crippen LogP contribution < -0.4 is 10.6 Å². The molecule has 2 N–H and O–H groups in total. The summed E-state index contributed by atoms with van der Waals surface area (Å²) in [4.78, 5) is 25.2. The first-order valence-corrected chi connectivity index (χ1v) is 9.03. The highest BCUT2D eigenvalue weighted by Crippen LogP contribution is 2.19. The SMILES string of the molecule is Cc1ccc(C)c(C(C)NC(=O)C(NC(=O)c2ccccc2)C(C)C)c1. The highest BCUT2D eigenvalue weighted by molar-refractivity contribution is 5.97. The van der Waals surface area contributed by atoms with Gasteiger partial charge in [-0.2, -0.15) is 0 Å². The Labute approximate surface area is 156 Å². The van der Waals surface area contributed by atoms with Crippen molar-refractivity contribution in [2.75, 3.05) is 0 Å². The van der Waals surface area contributed by atoms with Crippen molar-refractivity contribution in [3.8, 4) is 0 Å². The summed E-state index contributed by atoms with van der Waals surface area (Å²) in [6, 6.07) is 14.4. The van der Waals surface area contributed by atoms with Gasteiger partial charge in [-0.15, -0.1) is 0 Å². The van der Waals surface area contributed by atoms with Gasteiger partial charge in [-0.1, -0.05) is 55.8 Å². The maximum absolute atomic E-state index is 12.8. The number of aryl methyl sites for hydroxylation is 2. The topological polar surface area (TPSA) is 58.2 Å². The van der Waals surface area contributed by atoms with Gasteiger partial charge < -0.3 is 10.6 Å². The van der Waals surface area contributed by atoms with Crippen molar-refractivity contribution in [3.63, 3.8) is 0 Å². The molecule has 138 valence electrons. The number of nitrogens with one attached hydrogen (secondary N) is 2. The number of carbonyl (C=O) groups is 2. The second kappa shape index (κ2) is 8.65. The van der Waals surface area contributed by atoms with Gasteiger partial charge >= 0.3 is 0 Å². The molecule has 0 aliphatic heterocycles. The maximum atomic E-state index is 12.8. The van der Waals surface area contributed by atoms with Gasteiger partial charge in [-0.25, -0.2) is 0 Å². The van der Waals surface area contributed by atoms with E-state index >= 15 is 0 Å². The quantitative estimate of drug-likeness (QED) is 0.827. The Morgan fingerprint density at radius 1 is 0.885 bits per heavy atom. The van der Waals surface area contributed by atoms with Crippen molar-refractivity contribution in [1.29, 1.82) is 0 Å². The molecule has 0 radical (unpaired) electrons. The van der Waals surface area contributed by atoms with Gasteiger partial charge in [0.25, 0.3) is 5.91 Å². The molecule has 0 spiro atoms. The highest BCUT2D eigenvalue weighted by Gasteiger charge is 2.26. The molecule has 26 heavy (non-hydrogen) atoms. The highest BCUT2D eigenvalue weighted by atomic mass is 16.2. The smallest absolute Gasteiger partial charge is 0.251 e. The van der Waals surface area contributed by atoms with Crippen LogP contribution >= 0.6 is 0 Å². The molecule has 0 heterocycles. The average molecular weight is 352 g/mol. The predicted molar refractivity (Wildman–Crippen MR) is 105 cm³/mol. The summed E-state index contributed by atoms with van der Waals surface area (Å²) in [6.45, 7) is 9.90. The van der Waals surface area contributed by atoms with E-state index in [1.807, 2.05) is 52.8 Å². The van der Waals surface area contributed by atoms with Gasteiger partial charge in [0, 0.05) is 5.56 Å². The summed E-state index contributed by atoms with van der Waals surface area (Å²) in [5.41, 5.74) is 3.94. The number of rotatable bonds is 6. The molecule has 0 bridgehead atoms. The molecular formula is C22H28N2O2. The Balaban J connectivity index is 2.10. The van der Waals surface area contributed by atoms with E-state index < -0.39 is 6.04 Å². The summed E-state index contributed by atoms with van der Waals surface area (Å²) >= 11 is 0. The van der Waals surface area contributed by atoms with Crippen molar-refractivity contribution >= 4 is 11.8 Å². The Morgan fingerprint density at radius 2 is 1.54 bits per heavy atom. The molecule has 2 unspecified atom stereocenters.